The van der Waals surface area contributed by atoms with E-state index in [0.29, 0.717) is 0 Å². The van der Waals surface area contributed by atoms with Gasteiger partial charge in [0.15, 0.2) is 0 Å². The number of likely N-dealkylation sites (N-methyl/N-ethyl adjacent to an activating group) is 1. The molecule has 0 fully saturated rings. The van der Waals surface area contributed by atoms with Crippen molar-refractivity contribution in [1.29, 1.82) is 0 Å². The Morgan fingerprint density at radius 2 is 1.80 bits per heavy atom. The molecule has 0 unspecified atom stereocenters. The lowest BCUT2D eigenvalue weighted by atomic mass is 10.0. The van der Waals surface area contributed by atoms with E-state index in [-0.39, 0.29) is 12.1 Å². The van der Waals surface area contributed by atoms with Crippen molar-refractivity contribution in [3.05, 3.63) is 34.3 Å². The maximum atomic E-state index is 9.24. The predicted molar refractivity (Wildman–Crippen MR) is 66.8 cm³/mol. The van der Waals surface area contributed by atoms with E-state index in [1.807, 2.05) is 33.0 Å². The molecule has 0 radical (unpaired) electrons. The fraction of sp³-hybridized carbons (Fsp3) is 0.500. The first-order valence-electron chi connectivity index (χ1n) is 5.02. The van der Waals surface area contributed by atoms with Crippen LogP contribution >= 0.6 is 15.9 Å². The van der Waals surface area contributed by atoms with Gasteiger partial charge < -0.3 is 5.11 Å². The first-order chi connectivity index (χ1) is 6.95. The molecule has 0 heterocycles. The van der Waals surface area contributed by atoms with Crippen LogP contribution in [0.25, 0.3) is 0 Å². The second kappa shape index (κ2) is 5.10. The molecule has 0 aliphatic heterocycles. The van der Waals surface area contributed by atoms with Crippen LogP contribution in [0.3, 0.4) is 0 Å². The van der Waals surface area contributed by atoms with Gasteiger partial charge in [0.2, 0.25) is 0 Å². The molecule has 0 amide bonds. The van der Waals surface area contributed by atoms with Crippen LogP contribution in [0.1, 0.15) is 19.4 Å². The van der Waals surface area contributed by atoms with Gasteiger partial charge in [-0.05, 0) is 38.6 Å². The van der Waals surface area contributed by atoms with E-state index >= 15 is 0 Å². The minimum atomic E-state index is -0.174. The number of nitrogens with zero attached hydrogens (tertiary/aromatic N) is 1. The van der Waals surface area contributed by atoms with Gasteiger partial charge in [0.1, 0.15) is 0 Å². The van der Waals surface area contributed by atoms with Gasteiger partial charge in [0.25, 0.3) is 0 Å². The quantitative estimate of drug-likeness (QED) is 0.910. The first kappa shape index (κ1) is 12.7. The van der Waals surface area contributed by atoms with Crippen molar-refractivity contribution in [2.24, 2.45) is 0 Å². The lowest BCUT2D eigenvalue weighted by molar-refractivity contribution is 0.0734. The topological polar surface area (TPSA) is 23.5 Å². The highest BCUT2D eigenvalue weighted by Crippen LogP contribution is 2.16. The summed E-state index contributed by atoms with van der Waals surface area (Å²) in [6, 6.07) is 8.26. The Labute approximate surface area is 100 Å². The highest BCUT2D eigenvalue weighted by Gasteiger charge is 2.21. The highest BCUT2D eigenvalue weighted by molar-refractivity contribution is 9.10. The third kappa shape index (κ3) is 3.59. The molecular formula is C12H18BrNO. The molecule has 2 nitrogen and oxygen atoms in total. The molecule has 0 saturated carbocycles. The van der Waals surface area contributed by atoms with Crippen molar-refractivity contribution in [3.63, 3.8) is 0 Å². The Morgan fingerprint density at radius 3 is 2.27 bits per heavy atom. The lowest BCUT2D eigenvalue weighted by Crippen LogP contribution is -2.43. The van der Waals surface area contributed by atoms with E-state index in [2.05, 4.69) is 33.0 Å². The van der Waals surface area contributed by atoms with Crippen molar-refractivity contribution in [3.8, 4) is 0 Å². The monoisotopic (exact) mass is 271 g/mol. The number of halogens is 1. The fourth-order valence-electron chi connectivity index (χ4n) is 1.20. The van der Waals surface area contributed by atoms with Gasteiger partial charge in [-0.25, -0.2) is 0 Å². The number of rotatable bonds is 4. The van der Waals surface area contributed by atoms with Gasteiger partial charge in [-0.1, -0.05) is 28.1 Å². The van der Waals surface area contributed by atoms with Crippen LogP contribution < -0.4 is 0 Å². The van der Waals surface area contributed by atoms with E-state index < -0.39 is 0 Å². The summed E-state index contributed by atoms with van der Waals surface area (Å²) in [5.41, 5.74) is 1.08. The summed E-state index contributed by atoms with van der Waals surface area (Å²) in [5.74, 6) is 0. The zero-order valence-electron chi connectivity index (χ0n) is 9.50. The van der Waals surface area contributed by atoms with Crippen LogP contribution in [0.15, 0.2) is 28.7 Å². The van der Waals surface area contributed by atoms with Crippen LogP contribution in [-0.4, -0.2) is 29.2 Å². The van der Waals surface area contributed by atoms with Crippen molar-refractivity contribution in [1.82, 2.24) is 4.90 Å². The largest absolute Gasteiger partial charge is 0.394 e. The smallest absolute Gasteiger partial charge is 0.0610 e. The van der Waals surface area contributed by atoms with Crippen LogP contribution in [0, 0.1) is 0 Å². The molecule has 0 atom stereocenters. The van der Waals surface area contributed by atoms with Gasteiger partial charge in [-0.15, -0.1) is 0 Å². The number of benzene rings is 1. The molecule has 1 N–H and O–H groups in total. The lowest BCUT2D eigenvalue weighted by Gasteiger charge is -2.33. The second-order valence-corrected chi connectivity index (χ2v) is 5.37. The normalized spacial score (nSPS) is 12.1. The zero-order valence-corrected chi connectivity index (χ0v) is 11.1. The Balaban J connectivity index is 2.66. The average molecular weight is 272 g/mol. The molecule has 84 valence electrons. The van der Waals surface area contributed by atoms with Crippen LogP contribution in [0.4, 0.5) is 0 Å². The third-order valence-corrected chi connectivity index (χ3v) is 3.28. The zero-order chi connectivity index (χ0) is 11.5. The molecule has 3 heteroatoms. The maximum absolute atomic E-state index is 9.24. The summed E-state index contributed by atoms with van der Waals surface area (Å²) in [6.07, 6.45) is 0. The Bertz CT molecular complexity index is 308. The molecule has 1 aromatic rings. The standard InChI is InChI=1S/C12H18BrNO/c1-12(2,9-15)14(3)8-10-4-6-11(13)7-5-10/h4-7,15H,8-9H2,1-3H3. The molecule has 0 spiro atoms. The maximum Gasteiger partial charge on any atom is 0.0610 e. The molecule has 0 aliphatic rings. The summed E-state index contributed by atoms with van der Waals surface area (Å²) in [5, 5.41) is 9.24. The van der Waals surface area contributed by atoms with Crippen LogP contribution in [0.2, 0.25) is 0 Å². The number of hydrogen-bond donors (Lipinski definition) is 1. The van der Waals surface area contributed by atoms with E-state index in [4.69, 9.17) is 0 Å². The van der Waals surface area contributed by atoms with Crippen LogP contribution in [0.5, 0.6) is 0 Å². The summed E-state index contributed by atoms with van der Waals surface area (Å²) in [6.45, 7) is 5.08. The molecule has 0 aromatic heterocycles. The fourth-order valence-corrected chi connectivity index (χ4v) is 1.46. The van der Waals surface area contributed by atoms with Crippen molar-refractivity contribution in [2.75, 3.05) is 13.7 Å². The van der Waals surface area contributed by atoms with Gasteiger partial charge in [-0.3, -0.25) is 4.90 Å². The number of hydrogen-bond acceptors (Lipinski definition) is 2. The first-order valence-corrected chi connectivity index (χ1v) is 5.81. The molecular weight excluding hydrogens is 254 g/mol. The minimum Gasteiger partial charge on any atom is -0.394 e. The van der Waals surface area contributed by atoms with E-state index in [9.17, 15) is 5.11 Å². The average Bonchev–Trinajstić information content (AvgIpc) is 2.21. The SMILES string of the molecule is CN(Cc1ccc(Br)cc1)C(C)(C)CO. The van der Waals surface area contributed by atoms with Gasteiger partial charge in [0.05, 0.1) is 6.61 Å². The number of aliphatic hydroxyl groups excluding tert-OH is 1. The summed E-state index contributed by atoms with van der Waals surface area (Å²) in [4.78, 5) is 2.15. The molecule has 1 rings (SSSR count). The second-order valence-electron chi connectivity index (χ2n) is 4.45. The van der Waals surface area contributed by atoms with Gasteiger partial charge in [-0.2, -0.15) is 0 Å². The molecule has 0 saturated heterocycles. The molecule has 0 aliphatic carbocycles. The highest BCUT2D eigenvalue weighted by atomic mass is 79.9. The third-order valence-electron chi connectivity index (χ3n) is 2.75. The molecule has 0 bridgehead atoms. The summed E-state index contributed by atoms with van der Waals surface area (Å²) < 4.78 is 1.09. The summed E-state index contributed by atoms with van der Waals surface area (Å²) >= 11 is 3.41. The van der Waals surface area contributed by atoms with Crippen molar-refractivity contribution >= 4 is 15.9 Å². The van der Waals surface area contributed by atoms with Crippen LogP contribution in [-0.2, 0) is 6.54 Å². The van der Waals surface area contributed by atoms with E-state index in [0.717, 1.165) is 11.0 Å². The molecule has 1 aromatic carbocycles. The van der Waals surface area contributed by atoms with Gasteiger partial charge >= 0.3 is 0 Å². The molecule has 15 heavy (non-hydrogen) atoms. The Morgan fingerprint density at radius 1 is 1.27 bits per heavy atom. The minimum absolute atomic E-state index is 0.167. The predicted octanol–water partition coefficient (Wildman–Crippen LogP) is 2.65. The Kier molecular flexibility index (Phi) is 4.32. The van der Waals surface area contributed by atoms with E-state index in [1.165, 1.54) is 5.56 Å². The van der Waals surface area contributed by atoms with Gasteiger partial charge in [0, 0.05) is 16.6 Å². The van der Waals surface area contributed by atoms with Crippen molar-refractivity contribution in [2.45, 2.75) is 25.9 Å². The Hall–Kier alpha value is -0.380. The summed E-state index contributed by atoms with van der Waals surface area (Å²) in [7, 11) is 2.03. The number of aliphatic hydroxyl groups is 1. The van der Waals surface area contributed by atoms with E-state index in [1.54, 1.807) is 0 Å². The van der Waals surface area contributed by atoms with Crippen molar-refractivity contribution < 1.29 is 5.11 Å².